The van der Waals surface area contributed by atoms with Gasteiger partial charge in [-0.05, 0) is 19.9 Å². The fraction of sp³-hybridized carbons (Fsp3) is 0.556. The van der Waals surface area contributed by atoms with Crippen molar-refractivity contribution in [3.63, 3.8) is 0 Å². The highest BCUT2D eigenvalue weighted by molar-refractivity contribution is 5.89. The van der Waals surface area contributed by atoms with Crippen molar-refractivity contribution in [3.05, 3.63) is 12.3 Å². The van der Waals surface area contributed by atoms with Crippen LogP contribution in [0.3, 0.4) is 0 Å². The number of hydrogen-bond donors (Lipinski definition) is 0. The van der Waals surface area contributed by atoms with Gasteiger partial charge in [-0.3, -0.25) is 9.59 Å². The third-order valence-corrected chi connectivity index (χ3v) is 2.08. The van der Waals surface area contributed by atoms with Crippen LogP contribution in [0.15, 0.2) is 12.3 Å². The highest BCUT2D eigenvalue weighted by Crippen LogP contribution is 2.20. The standard InChI is InChI=1S/C9H12O3/c1-6(10)8-3-4-12-5-9(8)7(2)11/h3-4,8-9H,5H2,1-2H3/t8-,9+/m1/s1. The minimum atomic E-state index is -0.285. The van der Waals surface area contributed by atoms with Gasteiger partial charge < -0.3 is 4.74 Å². The summed E-state index contributed by atoms with van der Waals surface area (Å²) >= 11 is 0. The summed E-state index contributed by atoms with van der Waals surface area (Å²) < 4.78 is 4.97. The van der Waals surface area contributed by atoms with E-state index in [1.54, 1.807) is 6.08 Å². The number of ether oxygens (including phenoxy) is 1. The van der Waals surface area contributed by atoms with E-state index in [-0.39, 0.29) is 23.4 Å². The molecule has 0 aromatic rings. The Hall–Kier alpha value is -1.12. The fourth-order valence-corrected chi connectivity index (χ4v) is 1.33. The van der Waals surface area contributed by atoms with Crippen LogP contribution in [0, 0.1) is 11.8 Å². The minimum absolute atomic E-state index is 0.0135. The van der Waals surface area contributed by atoms with Gasteiger partial charge in [-0.1, -0.05) is 0 Å². The number of ketones is 2. The first-order valence-electron chi connectivity index (χ1n) is 3.92. The van der Waals surface area contributed by atoms with E-state index in [0.717, 1.165) is 0 Å². The maximum Gasteiger partial charge on any atom is 0.137 e. The van der Waals surface area contributed by atoms with Crippen molar-refractivity contribution in [2.24, 2.45) is 11.8 Å². The fourth-order valence-electron chi connectivity index (χ4n) is 1.33. The largest absolute Gasteiger partial charge is 0.501 e. The lowest BCUT2D eigenvalue weighted by Crippen LogP contribution is -2.31. The van der Waals surface area contributed by atoms with Crippen molar-refractivity contribution in [1.29, 1.82) is 0 Å². The van der Waals surface area contributed by atoms with Gasteiger partial charge >= 0.3 is 0 Å². The molecule has 0 aliphatic carbocycles. The second-order valence-electron chi connectivity index (χ2n) is 3.02. The number of carbonyl (C=O) groups excluding carboxylic acids is 2. The molecule has 1 heterocycles. The quantitative estimate of drug-likeness (QED) is 0.616. The molecule has 0 fully saturated rings. The van der Waals surface area contributed by atoms with Crippen molar-refractivity contribution < 1.29 is 14.3 Å². The van der Waals surface area contributed by atoms with Gasteiger partial charge in [-0.25, -0.2) is 0 Å². The molecule has 0 aromatic carbocycles. The molecule has 1 rings (SSSR count). The van der Waals surface area contributed by atoms with Crippen molar-refractivity contribution in [2.75, 3.05) is 6.61 Å². The van der Waals surface area contributed by atoms with Gasteiger partial charge in [-0.15, -0.1) is 0 Å². The molecule has 0 spiro atoms. The molecule has 0 amide bonds. The summed E-state index contributed by atoms with van der Waals surface area (Å²) in [4.78, 5) is 22.1. The van der Waals surface area contributed by atoms with E-state index in [4.69, 9.17) is 4.74 Å². The van der Waals surface area contributed by atoms with Crippen molar-refractivity contribution >= 4 is 11.6 Å². The molecule has 66 valence electrons. The number of carbonyl (C=O) groups is 2. The first-order chi connectivity index (χ1) is 5.63. The first kappa shape index (κ1) is 8.97. The molecule has 0 aromatic heterocycles. The van der Waals surface area contributed by atoms with Crippen LogP contribution in [0.4, 0.5) is 0 Å². The maximum absolute atomic E-state index is 11.1. The van der Waals surface area contributed by atoms with E-state index in [2.05, 4.69) is 0 Å². The van der Waals surface area contributed by atoms with Gasteiger partial charge in [0.1, 0.15) is 11.6 Å². The van der Waals surface area contributed by atoms with Crippen LogP contribution in [0.25, 0.3) is 0 Å². The number of Topliss-reactive ketones (excluding diaryl/α,β-unsaturated/α-hetero) is 2. The predicted octanol–water partition coefficient (Wildman–Crippen LogP) is 0.941. The average molecular weight is 168 g/mol. The zero-order chi connectivity index (χ0) is 9.14. The molecule has 1 aliphatic rings. The molecule has 2 atom stereocenters. The molecular formula is C9H12O3. The van der Waals surface area contributed by atoms with Crippen LogP contribution < -0.4 is 0 Å². The van der Waals surface area contributed by atoms with Gasteiger partial charge in [0.15, 0.2) is 0 Å². The monoisotopic (exact) mass is 168 g/mol. The van der Waals surface area contributed by atoms with Crippen molar-refractivity contribution in [2.45, 2.75) is 13.8 Å². The van der Waals surface area contributed by atoms with E-state index < -0.39 is 0 Å². The predicted molar refractivity (Wildman–Crippen MR) is 43.4 cm³/mol. The van der Waals surface area contributed by atoms with Crippen LogP contribution in [0.2, 0.25) is 0 Å². The lowest BCUT2D eigenvalue weighted by atomic mass is 9.86. The number of rotatable bonds is 2. The summed E-state index contributed by atoms with van der Waals surface area (Å²) in [5.41, 5.74) is 0. The zero-order valence-corrected chi connectivity index (χ0v) is 7.24. The van der Waals surface area contributed by atoms with Crippen LogP contribution in [0.5, 0.6) is 0 Å². The molecule has 0 saturated heterocycles. The van der Waals surface area contributed by atoms with Gasteiger partial charge in [0.25, 0.3) is 0 Å². The van der Waals surface area contributed by atoms with Gasteiger partial charge in [0.05, 0.1) is 24.7 Å². The highest BCUT2D eigenvalue weighted by atomic mass is 16.5. The van der Waals surface area contributed by atoms with Crippen LogP contribution in [-0.4, -0.2) is 18.2 Å². The molecule has 1 aliphatic heterocycles. The Morgan fingerprint density at radius 3 is 2.42 bits per heavy atom. The maximum atomic E-state index is 11.1. The third kappa shape index (κ3) is 1.72. The molecule has 0 unspecified atom stereocenters. The lowest BCUT2D eigenvalue weighted by Gasteiger charge is -2.23. The molecule has 0 bridgehead atoms. The minimum Gasteiger partial charge on any atom is -0.501 e. The Labute approximate surface area is 71.4 Å². The summed E-state index contributed by atoms with van der Waals surface area (Å²) in [6.07, 6.45) is 3.14. The Morgan fingerprint density at radius 2 is 2.00 bits per heavy atom. The molecule has 0 radical (unpaired) electrons. The zero-order valence-electron chi connectivity index (χ0n) is 7.24. The van der Waals surface area contributed by atoms with E-state index >= 15 is 0 Å². The van der Waals surface area contributed by atoms with Crippen molar-refractivity contribution in [3.8, 4) is 0 Å². The third-order valence-electron chi connectivity index (χ3n) is 2.08. The molecule has 0 N–H and O–H groups in total. The smallest absolute Gasteiger partial charge is 0.137 e. The van der Waals surface area contributed by atoms with E-state index in [1.165, 1.54) is 20.1 Å². The summed E-state index contributed by atoms with van der Waals surface area (Å²) in [5, 5.41) is 0. The van der Waals surface area contributed by atoms with Crippen LogP contribution in [-0.2, 0) is 14.3 Å². The first-order valence-corrected chi connectivity index (χ1v) is 3.92. The Balaban J connectivity index is 2.79. The summed E-state index contributed by atoms with van der Waals surface area (Å²) in [6.45, 7) is 3.31. The highest BCUT2D eigenvalue weighted by Gasteiger charge is 2.29. The summed E-state index contributed by atoms with van der Waals surface area (Å²) in [5.74, 6) is -0.530. The van der Waals surface area contributed by atoms with Crippen LogP contribution in [0.1, 0.15) is 13.8 Å². The van der Waals surface area contributed by atoms with Crippen molar-refractivity contribution in [1.82, 2.24) is 0 Å². The Kier molecular flexibility index (Phi) is 2.63. The van der Waals surface area contributed by atoms with Gasteiger partial charge in [-0.2, -0.15) is 0 Å². The van der Waals surface area contributed by atoms with Gasteiger partial charge in [0.2, 0.25) is 0 Å². The lowest BCUT2D eigenvalue weighted by molar-refractivity contribution is -0.130. The topological polar surface area (TPSA) is 43.4 Å². The Bertz CT molecular complexity index is 230. The van der Waals surface area contributed by atoms with E-state index in [9.17, 15) is 9.59 Å². The molecular weight excluding hydrogens is 156 g/mol. The summed E-state index contributed by atoms with van der Waals surface area (Å²) in [7, 11) is 0. The molecule has 3 heteroatoms. The molecule has 0 saturated carbocycles. The SMILES string of the molecule is CC(=O)[C@H]1C=COC[C@H]1C(C)=O. The van der Waals surface area contributed by atoms with E-state index in [0.29, 0.717) is 6.61 Å². The second kappa shape index (κ2) is 3.52. The number of hydrogen-bond acceptors (Lipinski definition) is 3. The Morgan fingerprint density at radius 1 is 1.33 bits per heavy atom. The van der Waals surface area contributed by atoms with E-state index in [1.807, 2.05) is 0 Å². The normalized spacial score (nSPS) is 27.8. The average Bonchev–Trinajstić information content (AvgIpc) is 2.04. The number of allylic oxidation sites excluding steroid dienone is 1. The van der Waals surface area contributed by atoms with Gasteiger partial charge in [0, 0.05) is 0 Å². The molecule has 12 heavy (non-hydrogen) atoms. The summed E-state index contributed by atoms with van der Waals surface area (Å²) in [6, 6.07) is 0. The molecule has 3 nitrogen and oxygen atoms in total. The second-order valence-corrected chi connectivity index (χ2v) is 3.02. The van der Waals surface area contributed by atoms with Crippen LogP contribution >= 0.6 is 0 Å².